The van der Waals surface area contributed by atoms with E-state index in [4.69, 9.17) is 10.2 Å². The Morgan fingerprint density at radius 1 is 1.17 bits per heavy atom. The predicted molar refractivity (Wildman–Crippen MR) is 96.1 cm³/mol. The average Bonchev–Trinajstić information content (AvgIpc) is 2.84. The molecule has 1 aliphatic carbocycles. The van der Waals surface area contributed by atoms with Crippen molar-refractivity contribution >= 4 is 11.0 Å². The van der Waals surface area contributed by atoms with E-state index in [1.807, 2.05) is 18.2 Å². The van der Waals surface area contributed by atoms with Crippen LogP contribution in [0.15, 0.2) is 36.4 Å². The SMILES string of the molecule is Cc1cc2nc(C3CCC3)n(Cc3cccc(C#N)c3)c2cc1C. The second-order valence-corrected chi connectivity index (χ2v) is 6.92. The quantitative estimate of drug-likeness (QED) is 0.694. The van der Waals surface area contributed by atoms with Crippen LogP contribution in [-0.4, -0.2) is 9.55 Å². The van der Waals surface area contributed by atoms with E-state index in [0.717, 1.165) is 17.6 Å². The summed E-state index contributed by atoms with van der Waals surface area (Å²) in [4.78, 5) is 4.97. The van der Waals surface area contributed by atoms with Crippen LogP contribution < -0.4 is 0 Å². The minimum absolute atomic E-state index is 0.581. The lowest BCUT2D eigenvalue weighted by Crippen LogP contribution is -2.16. The number of hydrogen-bond donors (Lipinski definition) is 0. The molecule has 1 fully saturated rings. The van der Waals surface area contributed by atoms with Crippen molar-refractivity contribution in [3.05, 3.63) is 64.5 Å². The molecule has 1 aliphatic rings. The monoisotopic (exact) mass is 315 g/mol. The van der Waals surface area contributed by atoms with Crippen LogP contribution in [0.25, 0.3) is 11.0 Å². The van der Waals surface area contributed by atoms with Gasteiger partial charge in [-0.15, -0.1) is 0 Å². The molecule has 0 saturated heterocycles. The summed E-state index contributed by atoms with van der Waals surface area (Å²) in [7, 11) is 0. The van der Waals surface area contributed by atoms with Gasteiger partial charge in [0.2, 0.25) is 0 Å². The number of nitrogens with zero attached hydrogens (tertiary/aromatic N) is 3. The molecule has 0 bridgehead atoms. The van der Waals surface area contributed by atoms with E-state index in [1.165, 1.54) is 41.7 Å². The topological polar surface area (TPSA) is 41.6 Å². The van der Waals surface area contributed by atoms with Crippen LogP contribution >= 0.6 is 0 Å². The van der Waals surface area contributed by atoms with Gasteiger partial charge in [-0.3, -0.25) is 0 Å². The number of fused-ring (bicyclic) bond motifs is 1. The summed E-state index contributed by atoms with van der Waals surface area (Å²) in [6, 6.07) is 14.6. The van der Waals surface area contributed by atoms with Crippen LogP contribution in [-0.2, 0) is 6.54 Å². The zero-order chi connectivity index (χ0) is 16.7. The molecule has 1 aromatic heterocycles. The fraction of sp³-hybridized carbons (Fsp3) is 0.333. The smallest absolute Gasteiger partial charge is 0.113 e. The van der Waals surface area contributed by atoms with E-state index < -0.39 is 0 Å². The van der Waals surface area contributed by atoms with Crippen LogP contribution in [0.3, 0.4) is 0 Å². The summed E-state index contributed by atoms with van der Waals surface area (Å²) in [6.45, 7) is 5.08. The molecular weight excluding hydrogens is 294 g/mol. The van der Waals surface area contributed by atoms with Crippen LogP contribution in [0.1, 0.15) is 53.3 Å². The maximum absolute atomic E-state index is 9.15. The lowest BCUT2D eigenvalue weighted by molar-refractivity contribution is 0.392. The fourth-order valence-electron chi connectivity index (χ4n) is 3.46. The maximum Gasteiger partial charge on any atom is 0.113 e. The summed E-state index contributed by atoms with van der Waals surface area (Å²) in [6.07, 6.45) is 3.77. The zero-order valence-electron chi connectivity index (χ0n) is 14.2. The molecule has 0 radical (unpaired) electrons. The van der Waals surface area contributed by atoms with Gasteiger partial charge in [-0.25, -0.2) is 4.98 Å². The van der Waals surface area contributed by atoms with Gasteiger partial charge in [0, 0.05) is 12.5 Å². The van der Waals surface area contributed by atoms with Gasteiger partial charge in [-0.05, 0) is 67.6 Å². The van der Waals surface area contributed by atoms with Crippen molar-refractivity contribution in [1.29, 1.82) is 5.26 Å². The first kappa shape index (κ1) is 15.0. The fourth-order valence-corrected chi connectivity index (χ4v) is 3.46. The van der Waals surface area contributed by atoms with Gasteiger partial charge in [0.25, 0.3) is 0 Å². The number of aryl methyl sites for hydroxylation is 2. The van der Waals surface area contributed by atoms with Crippen LogP contribution in [0.5, 0.6) is 0 Å². The molecule has 24 heavy (non-hydrogen) atoms. The Bertz CT molecular complexity index is 955. The van der Waals surface area contributed by atoms with E-state index in [0.29, 0.717) is 11.5 Å². The lowest BCUT2D eigenvalue weighted by atomic mass is 9.85. The van der Waals surface area contributed by atoms with E-state index in [-0.39, 0.29) is 0 Å². The first-order chi connectivity index (χ1) is 11.7. The molecule has 0 atom stereocenters. The molecule has 0 unspecified atom stereocenters. The summed E-state index contributed by atoms with van der Waals surface area (Å²) < 4.78 is 2.36. The van der Waals surface area contributed by atoms with Crippen molar-refractivity contribution < 1.29 is 0 Å². The highest BCUT2D eigenvalue weighted by Crippen LogP contribution is 2.38. The van der Waals surface area contributed by atoms with Gasteiger partial charge in [0.15, 0.2) is 0 Å². The van der Waals surface area contributed by atoms with Crippen molar-refractivity contribution in [2.45, 2.75) is 45.6 Å². The summed E-state index contributed by atoms with van der Waals surface area (Å²) in [5.74, 6) is 1.79. The summed E-state index contributed by atoms with van der Waals surface area (Å²) in [5.41, 5.74) is 6.77. The molecule has 120 valence electrons. The zero-order valence-corrected chi connectivity index (χ0v) is 14.2. The Hall–Kier alpha value is -2.60. The van der Waals surface area contributed by atoms with Gasteiger partial charge in [-0.1, -0.05) is 18.6 Å². The Labute approximate surface area is 142 Å². The van der Waals surface area contributed by atoms with Crippen molar-refractivity contribution in [2.75, 3.05) is 0 Å². The second-order valence-electron chi connectivity index (χ2n) is 6.92. The van der Waals surface area contributed by atoms with Crippen LogP contribution in [0.2, 0.25) is 0 Å². The highest BCUT2D eigenvalue weighted by Gasteiger charge is 2.26. The minimum Gasteiger partial charge on any atom is -0.323 e. The number of benzene rings is 2. The molecule has 0 N–H and O–H groups in total. The van der Waals surface area contributed by atoms with Gasteiger partial charge in [0.1, 0.15) is 5.82 Å². The molecular formula is C21H21N3. The highest BCUT2D eigenvalue weighted by molar-refractivity contribution is 5.78. The number of nitriles is 1. The molecule has 0 amide bonds. The maximum atomic E-state index is 9.15. The Morgan fingerprint density at radius 2 is 1.96 bits per heavy atom. The van der Waals surface area contributed by atoms with Gasteiger partial charge in [0.05, 0.1) is 22.7 Å². The van der Waals surface area contributed by atoms with Gasteiger partial charge in [-0.2, -0.15) is 5.26 Å². The first-order valence-electron chi connectivity index (χ1n) is 8.62. The first-order valence-corrected chi connectivity index (χ1v) is 8.62. The highest BCUT2D eigenvalue weighted by atomic mass is 15.1. The molecule has 1 heterocycles. The standard InChI is InChI=1S/C21H21N3/c1-14-9-19-20(10-15(14)2)24(21(23-19)18-7-4-8-18)13-17-6-3-5-16(11-17)12-22/h3,5-6,9-11,18H,4,7-8,13H2,1-2H3. The van der Waals surface area contributed by atoms with Crippen molar-refractivity contribution in [1.82, 2.24) is 9.55 Å². The number of hydrogen-bond acceptors (Lipinski definition) is 2. The third-order valence-electron chi connectivity index (χ3n) is 5.26. The third-order valence-corrected chi connectivity index (χ3v) is 5.26. The van der Waals surface area contributed by atoms with E-state index >= 15 is 0 Å². The molecule has 0 spiro atoms. The van der Waals surface area contributed by atoms with Crippen molar-refractivity contribution in [2.24, 2.45) is 0 Å². The normalized spacial score (nSPS) is 14.5. The van der Waals surface area contributed by atoms with Crippen LogP contribution in [0.4, 0.5) is 0 Å². The molecule has 3 heteroatoms. The molecule has 3 nitrogen and oxygen atoms in total. The second kappa shape index (κ2) is 5.79. The Balaban J connectivity index is 1.85. The minimum atomic E-state index is 0.581. The molecule has 1 saturated carbocycles. The number of aromatic nitrogens is 2. The number of rotatable bonds is 3. The van der Waals surface area contributed by atoms with Gasteiger partial charge < -0.3 is 4.57 Å². The summed E-state index contributed by atoms with van der Waals surface area (Å²) in [5, 5.41) is 9.15. The third kappa shape index (κ3) is 2.49. The molecule has 4 rings (SSSR count). The molecule has 2 aromatic carbocycles. The number of imidazole rings is 1. The van der Waals surface area contributed by atoms with Crippen molar-refractivity contribution in [3.63, 3.8) is 0 Å². The summed E-state index contributed by atoms with van der Waals surface area (Å²) >= 11 is 0. The van der Waals surface area contributed by atoms with Crippen LogP contribution in [0, 0.1) is 25.2 Å². The van der Waals surface area contributed by atoms with E-state index in [1.54, 1.807) is 0 Å². The largest absolute Gasteiger partial charge is 0.323 e. The molecule has 3 aromatic rings. The predicted octanol–water partition coefficient (Wildman–Crippen LogP) is 4.84. The Morgan fingerprint density at radius 3 is 2.67 bits per heavy atom. The lowest BCUT2D eigenvalue weighted by Gasteiger charge is -2.25. The van der Waals surface area contributed by atoms with Crippen molar-refractivity contribution in [3.8, 4) is 6.07 Å². The Kier molecular flexibility index (Phi) is 3.61. The van der Waals surface area contributed by atoms with E-state index in [2.05, 4.69) is 42.7 Å². The van der Waals surface area contributed by atoms with E-state index in [9.17, 15) is 0 Å². The van der Waals surface area contributed by atoms with Gasteiger partial charge >= 0.3 is 0 Å². The molecule has 0 aliphatic heterocycles. The average molecular weight is 315 g/mol.